The number of H-pyrrole nitrogens is 1. The number of aromatic nitrogens is 2. The third kappa shape index (κ3) is 3.57. The van der Waals surface area contributed by atoms with Crippen LogP contribution < -0.4 is 4.90 Å². The number of nitrogens with zero attached hydrogens (tertiary/aromatic N) is 3. The van der Waals surface area contributed by atoms with Gasteiger partial charge < -0.3 is 14.8 Å². The van der Waals surface area contributed by atoms with Gasteiger partial charge in [-0.2, -0.15) is 0 Å². The number of aryl methyl sites for hydroxylation is 2. The number of piperazine rings is 1. The molecule has 1 aliphatic heterocycles. The first-order valence-corrected chi connectivity index (χ1v) is 9.22. The highest BCUT2D eigenvalue weighted by atomic mass is 16.2. The van der Waals surface area contributed by atoms with Crippen LogP contribution in [0.15, 0.2) is 48.5 Å². The Balaban J connectivity index is 1.30. The number of para-hydroxylation sites is 2. The molecule has 2 heterocycles. The summed E-state index contributed by atoms with van der Waals surface area (Å²) in [6.07, 6.45) is 1.16. The van der Waals surface area contributed by atoms with Crippen molar-refractivity contribution in [2.45, 2.75) is 19.8 Å². The Kier molecular flexibility index (Phi) is 4.61. The first-order chi connectivity index (χ1) is 12.7. The summed E-state index contributed by atoms with van der Waals surface area (Å²) in [6.45, 7) is 5.46. The van der Waals surface area contributed by atoms with Crippen LogP contribution in [0.3, 0.4) is 0 Å². The van der Waals surface area contributed by atoms with Crippen LogP contribution in [0.25, 0.3) is 11.0 Å². The molecule has 1 amide bonds. The second kappa shape index (κ2) is 7.20. The lowest BCUT2D eigenvalue weighted by Gasteiger charge is -2.36. The van der Waals surface area contributed by atoms with E-state index < -0.39 is 0 Å². The summed E-state index contributed by atoms with van der Waals surface area (Å²) >= 11 is 0. The number of fused-ring (bicyclic) bond motifs is 1. The largest absolute Gasteiger partial charge is 0.368 e. The maximum atomic E-state index is 12.5. The lowest BCUT2D eigenvalue weighted by Crippen LogP contribution is -2.48. The van der Waals surface area contributed by atoms with Crippen LogP contribution in [0.1, 0.15) is 17.8 Å². The van der Waals surface area contributed by atoms with Gasteiger partial charge in [0.25, 0.3) is 0 Å². The number of hydrogen-bond acceptors (Lipinski definition) is 3. The molecular formula is C21H24N4O. The number of hydrogen-bond donors (Lipinski definition) is 1. The highest BCUT2D eigenvalue weighted by molar-refractivity contribution is 5.77. The Hall–Kier alpha value is -2.82. The van der Waals surface area contributed by atoms with Crippen molar-refractivity contribution in [3.05, 3.63) is 59.9 Å². The van der Waals surface area contributed by atoms with Crippen molar-refractivity contribution in [2.24, 2.45) is 0 Å². The number of imidazole rings is 1. The van der Waals surface area contributed by atoms with E-state index in [2.05, 4.69) is 46.1 Å². The molecule has 1 saturated heterocycles. The minimum atomic E-state index is 0.217. The number of rotatable bonds is 4. The minimum Gasteiger partial charge on any atom is -0.368 e. The number of carbonyl (C=O) groups is 1. The molecule has 0 radical (unpaired) electrons. The molecule has 1 aliphatic rings. The molecule has 5 nitrogen and oxygen atoms in total. The zero-order chi connectivity index (χ0) is 17.9. The normalized spacial score (nSPS) is 14.8. The van der Waals surface area contributed by atoms with Crippen molar-refractivity contribution in [2.75, 3.05) is 31.1 Å². The number of nitrogens with one attached hydrogen (secondary N) is 1. The molecule has 0 spiro atoms. The van der Waals surface area contributed by atoms with Gasteiger partial charge in [0.1, 0.15) is 5.82 Å². The SMILES string of the molecule is Cc1cccc(N2CCN(C(=O)CCc3nc4ccccc4[nH]3)CC2)c1. The molecule has 1 aromatic heterocycles. The van der Waals surface area contributed by atoms with Gasteiger partial charge in [0.05, 0.1) is 11.0 Å². The molecule has 4 rings (SSSR count). The third-order valence-corrected chi connectivity index (χ3v) is 5.01. The molecular weight excluding hydrogens is 324 g/mol. The van der Waals surface area contributed by atoms with E-state index in [1.54, 1.807) is 0 Å². The lowest BCUT2D eigenvalue weighted by molar-refractivity contribution is -0.131. The fourth-order valence-corrected chi connectivity index (χ4v) is 3.55. The standard InChI is InChI=1S/C21H24N4O/c1-16-5-4-6-17(15-16)24-11-13-25(14-12-24)21(26)10-9-20-22-18-7-2-3-8-19(18)23-20/h2-8,15H,9-14H2,1H3,(H,22,23). The number of amides is 1. The molecule has 0 aliphatic carbocycles. The van der Waals surface area contributed by atoms with E-state index in [4.69, 9.17) is 0 Å². The van der Waals surface area contributed by atoms with Crippen LogP contribution >= 0.6 is 0 Å². The predicted molar refractivity (Wildman–Crippen MR) is 104 cm³/mol. The van der Waals surface area contributed by atoms with E-state index in [0.29, 0.717) is 12.8 Å². The quantitative estimate of drug-likeness (QED) is 0.788. The molecule has 3 aromatic rings. The summed E-state index contributed by atoms with van der Waals surface area (Å²) in [7, 11) is 0. The highest BCUT2D eigenvalue weighted by Gasteiger charge is 2.21. The summed E-state index contributed by atoms with van der Waals surface area (Å²) < 4.78 is 0. The maximum Gasteiger partial charge on any atom is 0.223 e. The van der Waals surface area contributed by atoms with Crippen LogP contribution in [0.4, 0.5) is 5.69 Å². The van der Waals surface area contributed by atoms with Gasteiger partial charge in [-0.3, -0.25) is 4.79 Å². The zero-order valence-electron chi connectivity index (χ0n) is 15.1. The Morgan fingerprint density at radius 1 is 1.08 bits per heavy atom. The van der Waals surface area contributed by atoms with Gasteiger partial charge in [-0.05, 0) is 36.8 Å². The van der Waals surface area contributed by atoms with Crippen molar-refractivity contribution in [1.29, 1.82) is 0 Å². The first-order valence-electron chi connectivity index (χ1n) is 9.22. The van der Waals surface area contributed by atoms with Crippen molar-refractivity contribution in [3.63, 3.8) is 0 Å². The van der Waals surface area contributed by atoms with Crippen molar-refractivity contribution >= 4 is 22.6 Å². The number of aromatic amines is 1. The molecule has 0 unspecified atom stereocenters. The van der Waals surface area contributed by atoms with E-state index >= 15 is 0 Å². The van der Waals surface area contributed by atoms with Crippen molar-refractivity contribution in [3.8, 4) is 0 Å². The molecule has 26 heavy (non-hydrogen) atoms. The van der Waals surface area contributed by atoms with E-state index in [-0.39, 0.29) is 5.91 Å². The van der Waals surface area contributed by atoms with Gasteiger partial charge in [-0.15, -0.1) is 0 Å². The average molecular weight is 348 g/mol. The van der Waals surface area contributed by atoms with Crippen molar-refractivity contribution < 1.29 is 4.79 Å². The molecule has 5 heteroatoms. The van der Waals surface area contributed by atoms with Crippen LogP contribution in [0.2, 0.25) is 0 Å². The summed E-state index contributed by atoms with van der Waals surface area (Å²) in [5, 5.41) is 0. The van der Waals surface area contributed by atoms with Gasteiger partial charge >= 0.3 is 0 Å². The number of anilines is 1. The van der Waals surface area contributed by atoms with Crippen LogP contribution in [-0.2, 0) is 11.2 Å². The molecule has 1 N–H and O–H groups in total. The van der Waals surface area contributed by atoms with Gasteiger partial charge in [0.15, 0.2) is 0 Å². The summed E-state index contributed by atoms with van der Waals surface area (Å²) in [5.74, 6) is 1.10. The lowest BCUT2D eigenvalue weighted by atomic mass is 10.2. The van der Waals surface area contributed by atoms with E-state index in [1.807, 2.05) is 29.2 Å². The smallest absolute Gasteiger partial charge is 0.223 e. The summed E-state index contributed by atoms with van der Waals surface area (Å²) in [6, 6.07) is 16.5. The van der Waals surface area contributed by atoms with E-state index in [0.717, 1.165) is 43.0 Å². The molecule has 1 fully saturated rings. The zero-order valence-corrected chi connectivity index (χ0v) is 15.1. The fraction of sp³-hybridized carbons (Fsp3) is 0.333. The molecule has 0 saturated carbocycles. The molecule has 134 valence electrons. The molecule has 0 atom stereocenters. The predicted octanol–water partition coefficient (Wildman–Crippen LogP) is 3.15. The van der Waals surface area contributed by atoms with Crippen LogP contribution in [0, 0.1) is 6.92 Å². The Morgan fingerprint density at radius 3 is 2.65 bits per heavy atom. The van der Waals surface area contributed by atoms with E-state index in [9.17, 15) is 4.79 Å². The van der Waals surface area contributed by atoms with Gasteiger partial charge in [-0.25, -0.2) is 4.98 Å². The van der Waals surface area contributed by atoms with E-state index in [1.165, 1.54) is 11.3 Å². The Labute approximate surface area is 153 Å². The Morgan fingerprint density at radius 2 is 1.88 bits per heavy atom. The number of benzene rings is 2. The summed E-state index contributed by atoms with van der Waals surface area (Å²) in [4.78, 5) is 24.7. The second-order valence-corrected chi connectivity index (χ2v) is 6.91. The fourth-order valence-electron chi connectivity index (χ4n) is 3.55. The maximum absolute atomic E-state index is 12.5. The summed E-state index contributed by atoms with van der Waals surface area (Å²) in [5.41, 5.74) is 4.51. The highest BCUT2D eigenvalue weighted by Crippen LogP contribution is 2.18. The topological polar surface area (TPSA) is 52.2 Å². The van der Waals surface area contributed by atoms with Crippen LogP contribution in [0.5, 0.6) is 0 Å². The molecule has 0 bridgehead atoms. The van der Waals surface area contributed by atoms with Gasteiger partial charge in [-0.1, -0.05) is 24.3 Å². The Bertz CT molecular complexity index is 876. The monoisotopic (exact) mass is 348 g/mol. The minimum absolute atomic E-state index is 0.217. The number of carbonyl (C=O) groups excluding carboxylic acids is 1. The van der Waals surface area contributed by atoms with Crippen molar-refractivity contribution in [1.82, 2.24) is 14.9 Å². The van der Waals surface area contributed by atoms with Gasteiger partial charge in [0, 0.05) is 44.7 Å². The average Bonchev–Trinajstić information content (AvgIpc) is 3.09. The third-order valence-electron chi connectivity index (χ3n) is 5.01. The first kappa shape index (κ1) is 16.6. The van der Waals surface area contributed by atoms with Gasteiger partial charge in [0.2, 0.25) is 5.91 Å². The second-order valence-electron chi connectivity index (χ2n) is 6.91. The van der Waals surface area contributed by atoms with Crippen LogP contribution in [-0.4, -0.2) is 47.0 Å². The molecule has 2 aromatic carbocycles.